The summed E-state index contributed by atoms with van der Waals surface area (Å²) in [5, 5.41) is 7.50. The third-order valence-corrected chi connectivity index (χ3v) is 5.54. The summed E-state index contributed by atoms with van der Waals surface area (Å²) in [6.45, 7) is 0. The molecule has 0 saturated carbocycles. The molecule has 1 atom stereocenters. The lowest BCUT2D eigenvalue weighted by atomic mass is 10.1. The molecule has 3 aromatic carbocycles. The standard InChI is InChI=1S/C21H16ClFN2O5S/c22-17-11-6-14(12-18(17)31(24,28)29)21(27)30-19(13-4-2-1-3-5-13)20(26)25-16-9-7-15(23)8-10-16/h1-12,19H,(H,25,26)(H2,24,28,29)/t19-/m1/s1. The molecule has 10 heteroatoms. The molecular weight excluding hydrogens is 447 g/mol. The fraction of sp³-hybridized carbons (Fsp3) is 0.0476. The number of hydrogen-bond donors (Lipinski definition) is 2. The summed E-state index contributed by atoms with van der Waals surface area (Å²) in [5.74, 6) is -2.13. The molecule has 0 saturated heterocycles. The van der Waals surface area contributed by atoms with Gasteiger partial charge in [-0.2, -0.15) is 0 Å². The molecule has 7 nitrogen and oxygen atoms in total. The number of rotatable bonds is 6. The highest BCUT2D eigenvalue weighted by molar-refractivity contribution is 7.89. The summed E-state index contributed by atoms with van der Waals surface area (Å²) < 4.78 is 41.8. The highest BCUT2D eigenvalue weighted by Gasteiger charge is 2.27. The van der Waals surface area contributed by atoms with Crippen LogP contribution in [0.3, 0.4) is 0 Å². The molecule has 0 spiro atoms. The molecule has 0 aliphatic rings. The number of halogens is 2. The number of nitrogens with one attached hydrogen (secondary N) is 1. The number of anilines is 1. The zero-order valence-electron chi connectivity index (χ0n) is 15.8. The normalized spacial score (nSPS) is 12.1. The first-order chi connectivity index (χ1) is 14.6. The van der Waals surface area contributed by atoms with Gasteiger partial charge in [0.15, 0.2) is 0 Å². The van der Waals surface area contributed by atoms with Gasteiger partial charge in [-0.15, -0.1) is 0 Å². The first-order valence-electron chi connectivity index (χ1n) is 8.80. The minimum atomic E-state index is -4.18. The zero-order valence-corrected chi connectivity index (χ0v) is 17.4. The molecule has 0 aliphatic carbocycles. The predicted molar refractivity (Wildman–Crippen MR) is 112 cm³/mol. The van der Waals surface area contributed by atoms with Crippen LogP contribution in [0.1, 0.15) is 22.0 Å². The summed E-state index contributed by atoms with van der Waals surface area (Å²) in [7, 11) is -4.18. The Labute approximate surface area is 182 Å². The largest absolute Gasteiger partial charge is 0.444 e. The number of carbonyl (C=O) groups is 2. The van der Waals surface area contributed by atoms with E-state index in [0.717, 1.165) is 6.07 Å². The monoisotopic (exact) mass is 462 g/mol. The van der Waals surface area contributed by atoms with Gasteiger partial charge in [-0.25, -0.2) is 22.7 Å². The van der Waals surface area contributed by atoms with Gasteiger partial charge < -0.3 is 10.1 Å². The first kappa shape index (κ1) is 22.4. The lowest BCUT2D eigenvalue weighted by molar-refractivity contribution is -0.125. The van der Waals surface area contributed by atoms with E-state index in [2.05, 4.69) is 5.32 Å². The lowest BCUT2D eigenvalue weighted by Gasteiger charge is -2.18. The maximum absolute atomic E-state index is 13.1. The Morgan fingerprint density at radius 3 is 2.26 bits per heavy atom. The Morgan fingerprint density at radius 1 is 1.00 bits per heavy atom. The van der Waals surface area contributed by atoms with Crippen LogP contribution >= 0.6 is 11.6 Å². The number of benzene rings is 3. The number of primary sulfonamides is 1. The minimum Gasteiger partial charge on any atom is -0.444 e. The van der Waals surface area contributed by atoms with Crippen molar-refractivity contribution in [3.8, 4) is 0 Å². The van der Waals surface area contributed by atoms with Crippen molar-refractivity contribution in [1.82, 2.24) is 0 Å². The highest BCUT2D eigenvalue weighted by Crippen LogP contribution is 2.25. The molecule has 0 aromatic heterocycles. The van der Waals surface area contributed by atoms with E-state index in [1.165, 1.54) is 36.4 Å². The van der Waals surface area contributed by atoms with Crippen LogP contribution in [-0.4, -0.2) is 20.3 Å². The molecule has 1 amide bonds. The third kappa shape index (κ3) is 5.66. The molecule has 3 N–H and O–H groups in total. The van der Waals surface area contributed by atoms with Crippen LogP contribution in [-0.2, 0) is 19.6 Å². The summed E-state index contributed by atoms with van der Waals surface area (Å²) >= 11 is 5.84. The second-order valence-electron chi connectivity index (χ2n) is 6.38. The Balaban J connectivity index is 1.89. The Kier molecular flexibility index (Phi) is 6.69. The molecule has 0 fully saturated rings. The Hall–Kier alpha value is -3.27. The molecule has 3 rings (SSSR count). The van der Waals surface area contributed by atoms with Crippen molar-refractivity contribution in [2.75, 3.05) is 5.32 Å². The summed E-state index contributed by atoms with van der Waals surface area (Å²) in [5.41, 5.74) is 0.506. The summed E-state index contributed by atoms with van der Waals surface area (Å²) in [6, 6.07) is 16.7. The number of nitrogens with two attached hydrogens (primary N) is 1. The van der Waals surface area contributed by atoms with Gasteiger partial charge >= 0.3 is 5.97 Å². The van der Waals surface area contributed by atoms with Crippen LogP contribution in [0, 0.1) is 5.82 Å². The van der Waals surface area contributed by atoms with Gasteiger partial charge in [0.2, 0.25) is 16.1 Å². The van der Waals surface area contributed by atoms with Gasteiger partial charge in [0.25, 0.3) is 5.91 Å². The van der Waals surface area contributed by atoms with E-state index >= 15 is 0 Å². The molecule has 0 radical (unpaired) electrons. The Morgan fingerprint density at radius 2 is 1.65 bits per heavy atom. The van der Waals surface area contributed by atoms with Crippen molar-refractivity contribution >= 4 is 39.2 Å². The fourth-order valence-electron chi connectivity index (χ4n) is 2.67. The zero-order chi connectivity index (χ0) is 22.6. The van der Waals surface area contributed by atoms with Crippen molar-refractivity contribution in [2.45, 2.75) is 11.0 Å². The number of esters is 1. The number of amides is 1. The second-order valence-corrected chi connectivity index (χ2v) is 8.32. The first-order valence-corrected chi connectivity index (χ1v) is 10.7. The number of sulfonamides is 1. The van der Waals surface area contributed by atoms with Gasteiger partial charge in [-0.05, 0) is 42.5 Å². The molecular formula is C21H16ClFN2O5S. The molecule has 0 heterocycles. The van der Waals surface area contributed by atoms with E-state index in [4.69, 9.17) is 21.5 Å². The molecule has 31 heavy (non-hydrogen) atoms. The van der Waals surface area contributed by atoms with E-state index in [0.29, 0.717) is 11.3 Å². The van der Waals surface area contributed by atoms with Crippen LogP contribution in [0.5, 0.6) is 0 Å². The van der Waals surface area contributed by atoms with E-state index in [-0.39, 0.29) is 10.6 Å². The van der Waals surface area contributed by atoms with Crippen molar-refractivity contribution in [3.05, 3.63) is 94.8 Å². The van der Waals surface area contributed by atoms with E-state index < -0.39 is 38.7 Å². The maximum Gasteiger partial charge on any atom is 0.339 e. The van der Waals surface area contributed by atoms with Crippen LogP contribution < -0.4 is 10.5 Å². The maximum atomic E-state index is 13.1. The quantitative estimate of drug-likeness (QED) is 0.542. The van der Waals surface area contributed by atoms with Gasteiger partial charge in [0, 0.05) is 11.3 Å². The molecule has 0 aliphatic heterocycles. The van der Waals surface area contributed by atoms with Crippen LogP contribution in [0.2, 0.25) is 5.02 Å². The Bertz CT molecular complexity index is 1220. The average Bonchev–Trinajstić information content (AvgIpc) is 2.73. The minimum absolute atomic E-state index is 0.160. The fourth-order valence-corrected chi connectivity index (χ4v) is 3.74. The lowest BCUT2D eigenvalue weighted by Crippen LogP contribution is -2.26. The van der Waals surface area contributed by atoms with E-state index in [1.54, 1.807) is 30.3 Å². The van der Waals surface area contributed by atoms with Gasteiger partial charge in [0.05, 0.1) is 10.6 Å². The third-order valence-electron chi connectivity index (χ3n) is 4.15. The summed E-state index contributed by atoms with van der Waals surface area (Å²) in [6.07, 6.45) is -1.37. The SMILES string of the molecule is NS(=O)(=O)c1cc(C(=O)O[C@@H](C(=O)Nc2ccc(F)cc2)c2ccccc2)ccc1Cl. The van der Waals surface area contributed by atoms with Gasteiger partial charge in [-0.1, -0.05) is 41.9 Å². The molecule has 0 unspecified atom stereocenters. The highest BCUT2D eigenvalue weighted by atomic mass is 35.5. The average molecular weight is 463 g/mol. The van der Waals surface area contributed by atoms with E-state index in [9.17, 15) is 22.4 Å². The smallest absolute Gasteiger partial charge is 0.339 e. The van der Waals surface area contributed by atoms with Crippen LogP contribution in [0.25, 0.3) is 0 Å². The predicted octanol–water partition coefficient (Wildman–Crippen LogP) is 3.66. The van der Waals surface area contributed by atoms with Crippen LogP contribution in [0.15, 0.2) is 77.7 Å². The van der Waals surface area contributed by atoms with Crippen molar-refractivity contribution in [2.24, 2.45) is 5.14 Å². The second kappa shape index (κ2) is 9.25. The van der Waals surface area contributed by atoms with Gasteiger partial charge in [0.1, 0.15) is 10.7 Å². The number of carbonyl (C=O) groups excluding carboxylic acids is 2. The molecule has 3 aromatic rings. The van der Waals surface area contributed by atoms with Crippen molar-refractivity contribution < 1.29 is 27.1 Å². The molecule has 0 bridgehead atoms. The topological polar surface area (TPSA) is 116 Å². The van der Waals surface area contributed by atoms with Crippen molar-refractivity contribution in [3.63, 3.8) is 0 Å². The number of hydrogen-bond acceptors (Lipinski definition) is 5. The van der Waals surface area contributed by atoms with Crippen molar-refractivity contribution in [1.29, 1.82) is 0 Å². The molecule has 160 valence electrons. The van der Waals surface area contributed by atoms with Crippen LogP contribution in [0.4, 0.5) is 10.1 Å². The van der Waals surface area contributed by atoms with E-state index in [1.807, 2.05) is 0 Å². The summed E-state index contributed by atoms with van der Waals surface area (Å²) in [4.78, 5) is 25.1. The van der Waals surface area contributed by atoms with Gasteiger partial charge in [-0.3, -0.25) is 4.79 Å². The number of ether oxygens (including phenoxy) is 1.